The van der Waals surface area contributed by atoms with Gasteiger partial charge in [-0.15, -0.1) is 0 Å². The smallest absolute Gasteiger partial charge is 0.157 e. The molecule has 2 nitrogen and oxygen atoms in total. The second kappa shape index (κ2) is 12.0. The van der Waals surface area contributed by atoms with Crippen LogP contribution in [0.5, 0.6) is 0 Å². The van der Waals surface area contributed by atoms with Gasteiger partial charge in [-0.2, -0.15) is 0 Å². The summed E-state index contributed by atoms with van der Waals surface area (Å²) >= 11 is 0. The summed E-state index contributed by atoms with van der Waals surface area (Å²) < 4.78 is 11.4. The number of ether oxygens (including phenoxy) is 2. The lowest BCUT2D eigenvalue weighted by Crippen LogP contribution is -2.18. The Morgan fingerprint density at radius 3 is 1.87 bits per heavy atom. The topological polar surface area (TPSA) is 18.5 Å². The van der Waals surface area contributed by atoms with Gasteiger partial charge < -0.3 is 9.47 Å². The van der Waals surface area contributed by atoms with Crippen LogP contribution in [-0.4, -0.2) is 19.5 Å². The second-order valence-corrected chi connectivity index (χ2v) is 4.02. The van der Waals surface area contributed by atoms with Gasteiger partial charge >= 0.3 is 0 Å². The van der Waals surface area contributed by atoms with Crippen LogP contribution < -0.4 is 0 Å². The van der Waals surface area contributed by atoms with Crippen LogP contribution in [0.2, 0.25) is 0 Å². The Balaban J connectivity index is 3.44. The fraction of sp³-hybridized carbons (Fsp3) is 1.00. The van der Waals surface area contributed by atoms with Gasteiger partial charge in [0.1, 0.15) is 0 Å². The molecule has 0 aliphatic carbocycles. The first-order valence-corrected chi connectivity index (χ1v) is 6.58. The zero-order valence-corrected chi connectivity index (χ0v) is 10.8. The maximum absolute atomic E-state index is 5.71. The van der Waals surface area contributed by atoms with Crippen LogP contribution in [0.15, 0.2) is 0 Å². The normalized spacial score (nSPS) is 13.0. The molecule has 92 valence electrons. The highest BCUT2D eigenvalue weighted by Gasteiger charge is 2.07. The van der Waals surface area contributed by atoms with Crippen LogP contribution in [0.3, 0.4) is 0 Å². The molecule has 0 aliphatic rings. The molecule has 0 radical (unpaired) electrons. The number of hydrogen-bond acceptors (Lipinski definition) is 2. The van der Waals surface area contributed by atoms with E-state index in [-0.39, 0.29) is 6.29 Å². The summed E-state index contributed by atoms with van der Waals surface area (Å²) in [5.74, 6) is 0. The third-order valence-electron chi connectivity index (χ3n) is 2.38. The fourth-order valence-electron chi connectivity index (χ4n) is 1.38. The van der Waals surface area contributed by atoms with E-state index in [0.29, 0.717) is 0 Å². The van der Waals surface area contributed by atoms with Crippen LogP contribution in [-0.2, 0) is 9.47 Å². The van der Waals surface area contributed by atoms with E-state index in [1.54, 1.807) is 0 Å². The third-order valence-corrected chi connectivity index (χ3v) is 2.38. The Hall–Kier alpha value is -0.0800. The molecule has 0 rings (SSSR count). The zero-order valence-electron chi connectivity index (χ0n) is 10.8. The molecule has 15 heavy (non-hydrogen) atoms. The minimum atomic E-state index is 0.0402. The molecule has 0 heterocycles. The number of unbranched alkanes of at least 4 members (excludes halogenated alkanes) is 3. The number of hydrogen-bond donors (Lipinski definition) is 0. The van der Waals surface area contributed by atoms with Crippen molar-refractivity contribution in [2.24, 2.45) is 0 Å². The zero-order chi connectivity index (χ0) is 11.4. The Morgan fingerprint density at radius 2 is 1.33 bits per heavy atom. The average Bonchev–Trinajstić information content (AvgIpc) is 2.24. The first-order valence-electron chi connectivity index (χ1n) is 6.58. The molecule has 1 unspecified atom stereocenters. The maximum atomic E-state index is 5.71. The molecule has 2 heteroatoms. The summed E-state index contributed by atoms with van der Waals surface area (Å²) in [6.07, 6.45) is 8.19. The van der Waals surface area contributed by atoms with E-state index in [9.17, 15) is 0 Å². The van der Waals surface area contributed by atoms with Gasteiger partial charge in [0, 0.05) is 13.2 Å². The largest absolute Gasteiger partial charge is 0.353 e. The van der Waals surface area contributed by atoms with Crippen molar-refractivity contribution in [3.8, 4) is 0 Å². The highest BCUT2D eigenvalue weighted by atomic mass is 16.7. The van der Waals surface area contributed by atoms with Crippen molar-refractivity contribution < 1.29 is 9.47 Å². The molecule has 0 bridgehead atoms. The van der Waals surface area contributed by atoms with Crippen molar-refractivity contribution in [3.63, 3.8) is 0 Å². The quantitative estimate of drug-likeness (QED) is 0.382. The fourth-order valence-corrected chi connectivity index (χ4v) is 1.38. The molecule has 0 N–H and O–H groups in total. The molecule has 0 saturated heterocycles. The highest BCUT2D eigenvalue weighted by Crippen LogP contribution is 2.07. The van der Waals surface area contributed by atoms with Gasteiger partial charge in [-0.3, -0.25) is 0 Å². The number of rotatable bonds is 11. The van der Waals surface area contributed by atoms with Gasteiger partial charge in [0.05, 0.1) is 0 Å². The summed E-state index contributed by atoms with van der Waals surface area (Å²) in [4.78, 5) is 0. The lowest BCUT2D eigenvalue weighted by Gasteiger charge is -2.17. The third kappa shape index (κ3) is 10.2. The summed E-state index contributed by atoms with van der Waals surface area (Å²) in [5, 5.41) is 0. The van der Waals surface area contributed by atoms with Gasteiger partial charge in [-0.1, -0.05) is 46.5 Å². The van der Waals surface area contributed by atoms with Gasteiger partial charge in [-0.25, -0.2) is 0 Å². The van der Waals surface area contributed by atoms with E-state index in [0.717, 1.165) is 38.9 Å². The predicted octanol–water partition coefficient (Wildman–Crippen LogP) is 4.14. The molecular formula is C13H28O2. The second-order valence-electron chi connectivity index (χ2n) is 4.02. The first kappa shape index (κ1) is 14.9. The van der Waals surface area contributed by atoms with Crippen LogP contribution >= 0.6 is 0 Å². The molecule has 0 aliphatic heterocycles. The van der Waals surface area contributed by atoms with Crippen LogP contribution in [0.1, 0.15) is 65.7 Å². The predicted molar refractivity (Wildman–Crippen MR) is 65.0 cm³/mol. The Labute approximate surface area is 95.3 Å². The van der Waals surface area contributed by atoms with E-state index in [1.807, 2.05) is 0 Å². The molecule has 0 aromatic heterocycles. The van der Waals surface area contributed by atoms with Crippen LogP contribution in [0, 0.1) is 0 Å². The van der Waals surface area contributed by atoms with Crippen molar-refractivity contribution in [2.75, 3.05) is 13.2 Å². The van der Waals surface area contributed by atoms with E-state index in [1.165, 1.54) is 19.3 Å². The molecule has 0 amide bonds. The molecule has 0 aromatic rings. The van der Waals surface area contributed by atoms with Crippen molar-refractivity contribution in [2.45, 2.75) is 72.0 Å². The molecular weight excluding hydrogens is 188 g/mol. The Bertz CT molecular complexity index is 115. The SMILES string of the molecule is CCCCCOC(CCC)OCCCC. The Kier molecular flexibility index (Phi) is 11.9. The highest BCUT2D eigenvalue weighted by molar-refractivity contribution is 4.46. The van der Waals surface area contributed by atoms with E-state index in [2.05, 4.69) is 20.8 Å². The van der Waals surface area contributed by atoms with Gasteiger partial charge in [0.25, 0.3) is 0 Å². The molecule has 0 spiro atoms. The minimum Gasteiger partial charge on any atom is -0.353 e. The first-order chi connectivity index (χ1) is 7.35. The van der Waals surface area contributed by atoms with Crippen LogP contribution in [0.25, 0.3) is 0 Å². The summed E-state index contributed by atoms with van der Waals surface area (Å²) in [6.45, 7) is 8.26. The average molecular weight is 216 g/mol. The van der Waals surface area contributed by atoms with Crippen LogP contribution in [0.4, 0.5) is 0 Å². The standard InChI is InChI=1S/C13H28O2/c1-4-7-9-12-15-13(10-6-3)14-11-8-5-2/h13H,4-12H2,1-3H3. The summed E-state index contributed by atoms with van der Waals surface area (Å²) in [5.41, 5.74) is 0. The van der Waals surface area contributed by atoms with E-state index < -0.39 is 0 Å². The maximum Gasteiger partial charge on any atom is 0.157 e. The summed E-state index contributed by atoms with van der Waals surface area (Å²) in [7, 11) is 0. The van der Waals surface area contributed by atoms with Gasteiger partial charge in [-0.05, 0) is 19.3 Å². The van der Waals surface area contributed by atoms with Gasteiger partial charge in [0.2, 0.25) is 0 Å². The van der Waals surface area contributed by atoms with E-state index in [4.69, 9.17) is 9.47 Å². The van der Waals surface area contributed by atoms with E-state index >= 15 is 0 Å². The molecule has 0 saturated carbocycles. The minimum absolute atomic E-state index is 0.0402. The van der Waals surface area contributed by atoms with Gasteiger partial charge in [0.15, 0.2) is 6.29 Å². The molecule has 0 fully saturated rings. The molecule has 0 aromatic carbocycles. The summed E-state index contributed by atoms with van der Waals surface area (Å²) in [6, 6.07) is 0. The van der Waals surface area contributed by atoms with Crippen molar-refractivity contribution in [3.05, 3.63) is 0 Å². The van der Waals surface area contributed by atoms with Crippen molar-refractivity contribution in [1.82, 2.24) is 0 Å². The molecule has 1 atom stereocenters. The van der Waals surface area contributed by atoms with Crippen molar-refractivity contribution >= 4 is 0 Å². The lowest BCUT2D eigenvalue weighted by atomic mass is 10.3. The Morgan fingerprint density at radius 1 is 0.733 bits per heavy atom. The van der Waals surface area contributed by atoms with Crippen molar-refractivity contribution in [1.29, 1.82) is 0 Å². The lowest BCUT2D eigenvalue weighted by molar-refractivity contribution is -0.147. The monoisotopic (exact) mass is 216 g/mol.